The summed E-state index contributed by atoms with van der Waals surface area (Å²) >= 11 is 2.98. The van der Waals surface area contributed by atoms with Crippen LogP contribution in [-0.2, 0) is 11.0 Å². The predicted molar refractivity (Wildman–Crippen MR) is 69.5 cm³/mol. The SMILES string of the molecule is O=C(O)C1CCN(c2ncc(Br)cc2C(F)(F)F)CC1. The molecule has 0 radical (unpaired) electrons. The number of carboxylic acids is 1. The van der Waals surface area contributed by atoms with Crippen molar-refractivity contribution in [3.8, 4) is 0 Å². The lowest BCUT2D eigenvalue weighted by molar-refractivity contribution is -0.142. The minimum absolute atomic E-state index is 0.135. The average molecular weight is 353 g/mol. The smallest absolute Gasteiger partial charge is 0.419 e. The van der Waals surface area contributed by atoms with Gasteiger partial charge >= 0.3 is 12.1 Å². The first-order valence-corrected chi connectivity index (χ1v) is 6.79. The summed E-state index contributed by atoms with van der Waals surface area (Å²) in [5.41, 5.74) is -0.805. The molecule has 1 aliphatic heterocycles. The van der Waals surface area contributed by atoms with Crippen molar-refractivity contribution in [3.63, 3.8) is 0 Å². The molecule has 0 aliphatic carbocycles. The minimum Gasteiger partial charge on any atom is -0.481 e. The van der Waals surface area contributed by atoms with Crippen LogP contribution in [-0.4, -0.2) is 29.1 Å². The van der Waals surface area contributed by atoms with Crippen molar-refractivity contribution in [2.75, 3.05) is 18.0 Å². The fraction of sp³-hybridized carbons (Fsp3) is 0.500. The van der Waals surface area contributed by atoms with E-state index in [0.29, 0.717) is 12.8 Å². The number of aromatic nitrogens is 1. The van der Waals surface area contributed by atoms with Crippen LogP contribution in [0.25, 0.3) is 0 Å². The Morgan fingerprint density at radius 2 is 2.00 bits per heavy atom. The van der Waals surface area contributed by atoms with E-state index >= 15 is 0 Å². The molecule has 0 saturated carbocycles. The molecule has 1 fully saturated rings. The predicted octanol–water partition coefficient (Wildman–Crippen LogP) is 3.16. The van der Waals surface area contributed by atoms with E-state index in [1.807, 2.05) is 0 Å². The van der Waals surface area contributed by atoms with Crippen LogP contribution in [0.5, 0.6) is 0 Å². The van der Waals surface area contributed by atoms with Gasteiger partial charge in [-0.1, -0.05) is 0 Å². The molecule has 2 rings (SSSR count). The Hall–Kier alpha value is -1.31. The van der Waals surface area contributed by atoms with Gasteiger partial charge in [0.25, 0.3) is 0 Å². The molecular weight excluding hydrogens is 341 g/mol. The number of alkyl halides is 3. The number of anilines is 1. The quantitative estimate of drug-likeness (QED) is 0.888. The minimum atomic E-state index is -4.49. The third-order valence-corrected chi connectivity index (χ3v) is 3.72. The summed E-state index contributed by atoms with van der Waals surface area (Å²) in [6, 6.07) is 0.992. The lowest BCUT2D eigenvalue weighted by atomic mass is 9.97. The van der Waals surface area contributed by atoms with E-state index in [4.69, 9.17) is 5.11 Å². The van der Waals surface area contributed by atoms with Gasteiger partial charge < -0.3 is 10.0 Å². The molecule has 1 saturated heterocycles. The number of carbonyl (C=O) groups is 1. The second-order valence-corrected chi connectivity index (χ2v) is 5.54. The molecule has 0 atom stereocenters. The highest BCUT2D eigenvalue weighted by Crippen LogP contribution is 2.37. The van der Waals surface area contributed by atoms with Gasteiger partial charge in [-0.25, -0.2) is 4.98 Å². The maximum atomic E-state index is 13.0. The fourth-order valence-electron chi connectivity index (χ4n) is 2.23. The van der Waals surface area contributed by atoms with Crippen LogP contribution in [0.15, 0.2) is 16.7 Å². The summed E-state index contributed by atoms with van der Waals surface area (Å²) in [5, 5.41) is 8.89. The van der Waals surface area contributed by atoms with Gasteiger partial charge in [-0.15, -0.1) is 0 Å². The van der Waals surface area contributed by atoms with Gasteiger partial charge in [-0.2, -0.15) is 13.2 Å². The highest BCUT2D eigenvalue weighted by molar-refractivity contribution is 9.10. The fourth-order valence-corrected chi connectivity index (χ4v) is 2.56. The number of hydrogen-bond acceptors (Lipinski definition) is 3. The molecule has 1 aromatic rings. The molecule has 0 spiro atoms. The normalized spacial score (nSPS) is 17.3. The van der Waals surface area contributed by atoms with Crippen molar-refractivity contribution in [1.82, 2.24) is 4.98 Å². The Bertz CT molecular complexity index is 514. The number of pyridine rings is 1. The number of aliphatic carboxylic acids is 1. The zero-order chi connectivity index (χ0) is 14.9. The van der Waals surface area contributed by atoms with Gasteiger partial charge in [-0.3, -0.25) is 4.79 Å². The second kappa shape index (κ2) is 5.59. The number of nitrogens with zero attached hydrogens (tertiary/aromatic N) is 2. The first-order chi connectivity index (χ1) is 9.29. The van der Waals surface area contributed by atoms with E-state index in [1.54, 1.807) is 0 Å². The summed E-state index contributed by atoms with van der Waals surface area (Å²) in [6.07, 6.45) is -2.53. The summed E-state index contributed by atoms with van der Waals surface area (Å²) < 4.78 is 39.3. The van der Waals surface area contributed by atoms with E-state index in [9.17, 15) is 18.0 Å². The Morgan fingerprint density at radius 3 is 2.50 bits per heavy atom. The molecule has 2 heterocycles. The number of piperidine rings is 1. The Balaban J connectivity index is 2.24. The van der Waals surface area contributed by atoms with Gasteiger partial charge in [-0.05, 0) is 34.8 Å². The highest BCUT2D eigenvalue weighted by atomic mass is 79.9. The largest absolute Gasteiger partial charge is 0.481 e. The van der Waals surface area contributed by atoms with Crippen molar-refractivity contribution in [2.24, 2.45) is 5.92 Å². The number of carboxylic acid groups (broad SMARTS) is 1. The van der Waals surface area contributed by atoms with Gasteiger partial charge in [0.1, 0.15) is 5.82 Å². The van der Waals surface area contributed by atoms with E-state index in [0.717, 1.165) is 6.07 Å². The lowest BCUT2D eigenvalue weighted by Gasteiger charge is -2.32. The average Bonchev–Trinajstić information content (AvgIpc) is 2.38. The second-order valence-electron chi connectivity index (χ2n) is 4.62. The first kappa shape index (κ1) is 15.1. The molecule has 1 aromatic heterocycles. The first-order valence-electron chi connectivity index (χ1n) is 5.99. The monoisotopic (exact) mass is 352 g/mol. The summed E-state index contributed by atoms with van der Waals surface area (Å²) in [6.45, 7) is 0.517. The molecule has 1 N–H and O–H groups in total. The number of rotatable bonds is 2. The molecule has 20 heavy (non-hydrogen) atoms. The maximum Gasteiger partial charge on any atom is 0.419 e. The van der Waals surface area contributed by atoms with Crippen LogP contribution < -0.4 is 4.90 Å². The van der Waals surface area contributed by atoms with Crippen LogP contribution in [0, 0.1) is 5.92 Å². The molecule has 0 unspecified atom stereocenters. The maximum absolute atomic E-state index is 13.0. The molecule has 4 nitrogen and oxygen atoms in total. The van der Waals surface area contributed by atoms with Crippen molar-refractivity contribution in [2.45, 2.75) is 19.0 Å². The molecule has 0 amide bonds. The van der Waals surface area contributed by atoms with E-state index in [-0.39, 0.29) is 23.4 Å². The Labute approximate surface area is 121 Å². The van der Waals surface area contributed by atoms with Crippen LogP contribution in [0.3, 0.4) is 0 Å². The van der Waals surface area contributed by atoms with Crippen LogP contribution in [0.2, 0.25) is 0 Å². The molecular formula is C12H12BrF3N2O2. The standard InChI is InChI=1S/C12H12BrF3N2O2/c13-8-5-9(12(14,15)16)10(17-6-8)18-3-1-7(2-4-18)11(19)20/h5-7H,1-4H2,(H,19,20). The molecule has 110 valence electrons. The van der Waals surface area contributed by atoms with Crippen LogP contribution in [0.1, 0.15) is 18.4 Å². The van der Waals surface area contributed by atoms with Crippen molar-refractivity contribution < 1.29 is 23.1 Å². The third kappa shape index (κ3) is 3.23. The third-order valence-electron chi connectivity index (χ3n) is 3.28. The summed E-state index contributed by atoms with van der Waals surface area (Å²) in [4.78, 5) is 16.2. The summed E-state index contributed by atoms with van der Waals surface area (Å²) in [7, 11) is 0. The van der Waals surface area contributed by atoms with Gasteiger partial charge in [0, 0.05) is 23.8 Å². The van der Waals surface area contributed by atoms with E-state index in [1.165, 1.54) is 11.1 Å². The van der Waals surface area contributed by atoms with Crippen molar-refractivity contribution in [1.29, 1.82) is 0 Å². The Kier molecular flexibility index (Phi) is 4.22. The number of halogens is 4. The zero-order valence-corrected chi connectivity index (χ0v) is 11.9. The van der Waals surface area contributed by atoms with Crippen LogP contribution in [0.4, 0.5) is 19.0 Å². The number of hydrogen-bond donors (Lipinski definition) is 1. The molecule has 1 aliphatic rings. The Morgan fingerprint density at radius 1 is 1.40 bits per heavy atom. The lowest BCUT2D eigenvalue weighted by Crippen LogP contribution is -2.37. The molecule has 0 aromatic carbocycles. The molecule has 8 heteroatoms. The van der Waals surface area contributed by atoms with Gasteiger partial charge in [0.15, 0.2) is 0 Å². The topological polar surface area (TPSA) is 53.4 Å². The van der Waals surface area contributed by atoms with Gasteiger partial charge in [0.2, 0.25) is 0 Å². The highest BCUT2D eigenvalue weighted by Gasteiger charge is 2.37. The van der Waals surface area contributed by atoms with Crippen molar-refractivity contribution >= 4 is 27.7 Å². The molecule has 0 bridgehead atoms. The van der Waals surface area contributed by atoms with Crippen LogP contribution >= 0.6 is 15.9 Å². The van der Waals surface area contributed by atoms with Crippen molar-refractivity contribution in [3.05, 3.63) is 22.3 Å². The van der Waals surface area contributed by atoms with Gasteiger partial charge in [0.05, 0.1) is 11.5 Å². The van der Waals surface area contributed by atoms with E-state index < -0.39 is 23.6 Å². The van der Waals surface area contributed by atoms with E-state index in [2.05, 4.69) is 20.9 Å². The summed E-state index contributed by atoms with van der Waals surface area (Å²) in [5.74, 6) is -1.52. The zero-order valence-electron chi connectivity index (χ0n) is 10.3.